The van der Waals surface area contributed by atoms with Gasteiger partial charge in [0.2, 0.25) is 0 Å². The average molecular weight is 300 g/mol. The molecule has 0 unspecified atom stereocenters. The van der Waals surface area contributed by atoms with E-state index in [0.29, 0.717) is 0 Å². The molecule has 0 amide bonds. The summed E-state index contributed by atoms with van der Waals surface area (Å²) in [5.74, 6) is 0. The van der Waals surface area contributed by atoms with Crippen LogP contribution in [0.4, 0.5) is 0 Å². The summed E-state index contributed by atoms with van der Waals surface area (Å²) in [6, 6.07) is 8.69. The van der Waals surface area contributed by atoms with Crippen LogP contribution in [0.25, 0.3) is 0 Å². The SMILES string of the molecule is C=C/C=C(\C=C(C)C)N(CC)Cc1cccc(C)c1.CCC. The van der Waals surface area contributed by atoms with Crippen molar-refractivity contribution in [2.24, 2.45) is 0 Å². The Bertz CT molecular complexity index is 490. The van der Waals surface area contributed by atoms with Crippen LogP contribution in [0, 0.1) is 6.92 Å². The lowest BCUT2D eigenvalue weighted by Crippen LogP contribution is -2.21. The molecule has 1 rings (SSSR count). The molecule has 0 radical (unpaired) electrons. The Balaban J connectivity index is 0.00000135. The summed E-state index contributed by atoms with van der Waals surface area (Å²) < 4.78 is 0. The molecule has 0 spiro atoms. The van der Waals surface area contributed by atoms with Crippen LogP contribution in [0.2, 0.25) is 0 Å². The van der Waals surface area contributed by atoms with Crippen molar-refractivity contribution in [1.82, 2.24) is 4.90 Å². The summed E-state index contributed by atoms with van der Waals surface area (Å²) in [4.78, 5) is 2.36. The van der Waals surface area contributed by atoms with Gasteiger partial charge in [0.15, 0.2) is 0 Å². The zero-order valence-electron chi connectivity index (χ0n) is 15.3. The highest BCUT2D eigenvalue weighted by atomic mass is 15.1. The van der Waals surface area contributed by atoms with Gasteiger partial charge in [-0.1, -0.05) is 68.3 Å². The molecule has 1 aromatic rings. The maximum atomic E-state index is 3.81. The van der Waals surface area contributed by atoms with Crippen molar-refractivity contribution in [3.8, 4) is 0 Å². The molecule has 0 saturated carbocycles. The Kier molecular flexibility index (Phi) is 10.9. The monoisotopic (exact) mass is 299 g/mol. The lowest BCUT2D eigenvalue weighted by molar-refractivity contribution is 0.366. The summed E-state index contributed by atoms with van der Waals surface area (Å²) in [5, 5.41) is 0. The number of hydrogen-bond acceptors (Lipinski definition) is 1. The quantitative estimate of drug-likeness (QED) is 0.560. The molecule has 0 bridgehead atoms. The number of benzene rings is 1. The molecule has 0 aromatic heterocycles. The lowest BCUT2D eigenvalue weighted by Gasteiger charge is -2.25. The number of allylic oxidation sites excluding steroid dienone is 4. The number of rotatable bonds is 6. The Labute approximate surface area is 138 Å². The Morgan fingerprint density at radius 2 is 1.82 bits per heavy atom. The van der Waals surface area contributed by atoms with E-state index < -0.39 is 0 Å². The molecule has 0 N–H and O–H groups in total. The van der Waals surface area contributed by atoms with Gasteiger partial charge in [-0.3, -0.25) is 0 Å². The minimum absolute atomic E-state index is 0.932. The van der Waals surface area contributed by atoms with Crippen molar-refractivity contribution in [2.75, 3.05) is 6.54 Å². The van der Waals surface area contributed by atoms with Gasteiger partial charge in [0.05, 0.1) is 0 Å². The predicted octanol–water partition coefficient (Wildman–Crippen LogP) is 6.27. The van der Waals surface area contributed by atoms with Crippen LogP contribution in [0.3, 0.4) is 0 Å². The second kappa shape index (κ2) is 11.9. The molecule has 0 saturated heterocycles. The molecule has 22 heavy (non-hydrogen) atoms. The predicted molar refractivity (Wildman–Crippen MR) is 101 cm³/mol. The van der Waals surface area contributed by atoms with Gasteiger partial charge in [0, 0.05) is 18.8 Å². The van der Waals surface area contributed by atoms with Gasteiger partial charge >= 0.3 is 0 Å². The summed E-state index contributed by atoms with van der Waals surface area (Å²) in [6.07, 6.45) is 7.39. The van der Waals surface area contributed by atoms with Crippen LogP contribution < -0.4 is 0 Å². The van der Waals surface area contributed by atoms with E-state index in [0.717, 1.165) is 13.1 Å². The highest BCUT2D eigenvalue weighted by Gasteiger charge is 2.06. The van der Waals surface area contributed by atoms with Gasteiger partial charge in [-0.15, -0.1) is 0 Å². The standard InChI is InChI=1S/C18H25N.C3H8/c1-6-9-18(12-15(3)4)19(7-2)14-17-11-8-10-16(5)13-17;1-3-2/h6,8-13H,1,7,14H2,2-5H3;3H2,1-2H3/b18-9+;. The van der Waals surface area contributed by atoms with Crippen LogP contribution in [0.5, 0.6) is 0 Å². The van der Waals surface area contributed by atoms with Crippen molar-refractivity contribution in [3.05, 3.63) is 71.5 Å². The minimum atomic E-state index is 0.932. The number of likely N-dealkylation sites (N-methyl/N-ethyl adjacent to an activating group) is 1. The smallest absolute Gasteiger partial charge is 0.0429 e. The summed E-state index contributed by atoms with van der Waals surface area (Å²) in [6.45, 7) is 18.5. The minimum Gasteiger partial charge on any atom is -0.367 e. The van der Waals surface area contributed by atoms with Gasteiger partial charge in [-0.25, -0.2) is 0 Å². The van der Waals surface area contributed by atoms with E-state index in [1.54, 1.807) is 0 Å². The highest BCUT2D eigenvalue weighted by Crippen LogP contribution is 2.15. The van der Waals surface area contributed by atoms with E-state index in [4.69, 9.17) is 0 Å². The highest BCUT2D eigenvalue weighted by molar-refractivity contribution is 5.27. The van der Waals surface area contributed by atoms with Crippen molar-refractivity contribution >= 4 is 0 Å². The first-order valence-corrected chi connectivity index (χ1v) is 8.26. The second-order valence-corrected chi connectivity index (χ2v) is 5.76. The maximum Gasteiger partial charge on any atom is 0.0429 e. The molecule has 0 fully saturated rings. The molecule has 0 aliphatic rings. The number of hydrogen-bond donors (Lipinski definition) is 0. The van der Waals surface area contributed by atoms with Crippen LogP contribution in [0.1, 0.15) is 52.2 Å². The van der Waals surface area contributed by atoms with Crippen molar-refractivity contribution in [2.45, 2.75) is 54.5 Å². The first-order chi connectivity index (χ1) is 10.5. The first-order valence-electron chi connectivity index (χ1n) is 8.26. The summed E-state index contributed by atoms with van der Waals surface area (Å²) in [5.41, 5.74) is 5.18. The summed E-state index contributed by atoms with van der Waals surface area (Å²) >= 11 is 0. The van der Waals surface area contributed by atoms with E-state index in [1.807, 2.05) is 6.08 Å². The molecule has 1 nitrogen and oxygen atoms in total. The second-order valence-electron chi connectivity index (χ2n) is 5.76. The van der Waals surface area contributed by atoms with E-state index in [2.05, 4.69) is 89.4 Å². The lowest BCUT2D eigenvalue weighted by atomic mass is 10.1. The van der Waals surface area contributed by atoms with Crippen LogP contribution in [-0.2, 0) is 6.54 Å². The van der Waals surface area contributed by atoms with Gasteiger partial charge in [0.1, 0.15) is 0 Å². The number of aryl methyl sites for hydroxylation is 1. The third-order valence-electron chi connectivity index (χ3n) is 2.93. The molecule has 0 atom stereocenters. The Morgan fingerprint density at radius 3 is 2.27 bits per heavy atom. The molecule has 0 aliphatic carbocycles. The average Bonchev–Trinajstić information content (AvgIpc) is 2.45. The molecular formula is C21H33N. The van der Waals surface area contributed by atoms with E-state index in [-0.39, 0.29) is 0 Å². The van der Waals surface area contributed by atoms with Crippen molar-refractivity contribution in [1.29, 1.82) is 0 Å². The maximum absolute atomic E-state index is 3.81. The van der Waals surface area contributed by atoms with Gasteiger partial charge < -0.3 is 4.90 Å². The fraction of sp³-hybridized carbons (Fsp3) is 0.429. The Hall–Kier alpha value is -1.76. The Morgan fingerprint density at radius 1 is 1.18 bits per heavy atom. The van der Waals surface area contributed by atoms with Crippen molar-refractivity contribution < 1.29 is 0 Å². The summed E-state index contributed by atoms with van der Waals surface area (Å²) in [7, 11) is 0. The molecule has 122 valence electrons. The molecular weight excluding hydrogens is 266 g/mol. The zero-order chi connectivity index (χ0) is 17.0. The van der Waals surface area contributed by atoms with E-state index in [1.165, 1.54) is 28.8 Å². The third kappa shape index (κ3) is 8.51. The largest absolute Gasteiger partial charge is 0.367 e. The van der Waals surface area contributed by atoms with Crippen LogP contribution >= 0.6 is 0 Å². The van der Waals surface area contributed by atoms with Gasteiger partial charge in [-0.05, 0) is 45.4 Å². The fourth-order valence-electron chi connectivity index (χ4n) is 2.08. The molecule has 0 heterocycles. The van der Waals surface area contributed by atoms with E-state index in [9.17, 15) is 0 Å². The zero-order valence-corrected chi connectivity index (χ0v) is 15.3. The molecule has 1 heteroatoms. The fourth-order valence-corrected chi connectivity index (χ4v) is 2.08. The molecule has 0 aliphatic heterocycles. The normalized spacial score (nSPS) is 10.4. The topological polar surface area (TPSA) is 3.24 Å². The van der Waals surface area contributed by atoms with Crippen LogP contribution in [-0.4, -0.2) is 11.4 Å². The third-order valence-corrected chi connectivity index (χ3v) is 2.93. The van der Waals surface area contributed by atoms with Gasteiger partial charge in [-0.2, -0.15) is 0 Å². The first kappa shape index (κ1) is 20.2. The van der Waals surface area contributed by atoms with E-state index >= 15 is 0 Å². The molecule has 1 aromatic carbocycles. The number of nitrogens with zero attached hydrogens (tertiary/aromatic N) is 1. The van der Waals surface area contributed by atoms with Crippen molar-refractivity contribution in [3.63, 3.8) is 0 Å². The van der Waals surface area contributed by atoms with Crippen LogP contribution in [0.15, 0.2) is 60.3 Å². The van der Waals surface area contributed by atoms with Gasteiger partial charge in [0.25, 0.3) is 0 Å².